The van der Waals surface area contributed by atoms with Crippen molar-refractivity contribution in [3.05, 3.63) is 35.9 Å². The van der Waals surface area contributed by atoms with Gasteiger partial charge in [0.2, 0.25) is 0 Å². The molecular formula is C16H18O2. The van der Waals surface area contributed by atoms with E-state index < -0.39 is 0 Å². The van der Waals surface area contributed by atoms with Crippen LogP contribution in [0.3, 0.4) is 0 Å². The fraction of sp³-hybridized carbons (Fsp3) is 0.438. The summed E-state index contributed by atoms with van der Waals surface area (Å²) in [6, 6.07) is 9.72. The molecule has 0 saturated heterocycles. The third kappa shape index (κ3) is 3.13. The van der Waals surface area contributed by atoms with E-state index in [9.17, 15) is 4.79 Å². The number of rotatable bonds is 3. The molecule has 2 nitrogen and oxygen atoms in total. The molecule has 1 saturated carbocycles. The molecule has 2 heteroatoms. The van der Waals surface area contributed by atoms with Crippen molar-refractivity contribution in [2.75, 3.05) is 0 Å². The van der Waals surface area contributed by atoms with Crippen molar-refractivity contribution in [1.82, 2.24) is 0 Å². The lowest BCUT2D eigenvalue weighted by Crippen LogP contribution is -2.27. The molecule has 18 heavy (non-hydrogen) atoms. The van der Waals surface area contributed by atoms with E-state index in [2.05, 4.69) is 5.92 Å². The molecule has 0 aliphatic heterocycles. The minimum Gasteiger partial charge on any atom is -0.461 e. The Balaban J connectivity index is 1.89. The first-order chi connectivity index (χ1) is 8.81. The highest BCUT2D eigenvalue weighted by Crippen LogP contribution is 2.30. The molecule has 0 N–H and O–H groups in total. The van der Waals surface area contributed by atoms with Crippen LogP contribution < -0.4 is 0 Å². The Morgan fingerprint density at radius 2 is 2.00 bits per heavy atom. The van der Waals surface area contributed by atoms with Gasteiger partial charge in [0.05, 0.1) is 5.92 Å². The van der Waals surface area contributed by atoms with Gasteiger partial charge in [0, 0.05) is 5.92 Å². The van der Waals surface area contributed by atoms with Crippen molar-refractivity contribution in [1.29, 1.82) is 0 Å². The van der Waals surface area contributed by atoms with E-state index >= 15 is 0 Å². The average Bonchev–Trinajstić information content (AvgIpc) is 2.45. The molecular weight excluding hydrogens is 224 g/mol. The zero-order chi connectivity index (χ0) is 12.8. The van der Waals surface area contributed by atoms with Gasteiger partial charge in [-0.15, -0.1) is 12.3 Å². The highest BCUT2D eigenvalue weighted by molar-refractivity contribution is 5.73. The molecule has 1 aliphatic carbocycles. The van der Waals surface area contributed by atoms with E-state index in [1.807, 2.05) is 30.3 Å². The Hall–Kier alpha value is -1.75. The molecule has 0 aromatic heterocycles. The SMILES string of the molecule is C#C[C@H]1CCCC[C@H]1C(=O)OCc1ccccc1. The van der Waals surface area contributed by atoms with Crippen LogP contribution in [0.2, 0.25) is 0 Å². The number of ether oxygens (including phenoxy) is 1. The first-order valence-electron chi connectivity index (χ1n) is 6.48. The Morgan fingerprint density at radius 3 is 2.72 bits per heavy atom. The lowest BCUT2D eigenvalue weighted by molar-refractivity contribution is -0.152. The molecule has 2 atom stereocenters. The summed E-state index contributed by atoms with van der Waals surface area (Å²) in [5.74, 6) is 2.55. The summed E-state index contributed by atoms with van der Waals surface area (Å²) in [6.07, 6.45) is 9.49. The Morgan fingerprint density at radius 1 is 1.28 bits per heavy atom. The molecule has 1 aliphatic rings. The van der Waals surface area contributed by atoms with Gasteiger partial charge in [0.1, 0.15) is 6.61 Å². The van der Waals surface area contributed by atoms with Crippen LogP contribution in [0.4, 0.5) is 0 Å². The molecule has 2 rings (SSSR count). The van der Waals surface area contributed by atoms with E-state index in [0.29, 0.717) is 6.61 Å². The van der Waals surface area contributed by atoms with Crippen molar-refractivity contribution in [3.63, 3.8) is 0 Å². The number of carbonyl (C=O) groups is 1. The van der Waals surface area contributed by atoms with Gasteiger partial charge in [0.25, 0.3) is 0 Å². The molecule has 0 amide bonds. The summed E-state index contributed by atoms with van der Waals surface area (Å²) in [5.41, 5.74) is 1.01. The van der Waals surface area contributed by atoms with Crippen LogP contribution in [0.5, 0.6) is 0 Å². The van der Waals surface area contributed by atoms with Crippen LogP contribution in [-0.4, -0.2) is 5.97 Å². The normalized spacial score (nSPS) is 23.1. The third-order valence-electron chi connectivity index (χ3n) is 3.51. The highest BCUT2D eigenvalue weighted by atomic mass is 16.5. The summed E-state index contributed by atoms with van der Waals surface area (Å²) in [4.78, 5) is 12.0. The maximum atomic E-state index is 12.0. The summed E-state index contributed by atoms with van der Waals surface area (Å²) < 4.78 is 5.37. The second-order valence-electron chi connectivity index (χ2n) is 4.76. The molecule has 1 aromatic rings. The standard InChI is InChI=1S/C16H18O2/c1-2-14-10-6-7-11-15(14)16(17)18-12-13-8-4-3-5-9-13/h1,3-5,8-9,14-15H,6-7,10-12H2/t14-,15+/m0/s1. The summed E-state index contributed by atoms with van der Waals surface area (Å²) in [6.45, 7) is 0.341. The highest BCUT2D eigenvalue weighted by Gasteiger charge is 2.30. The molecule has 0 bridgehead atoms. The lowest BCUT2D eigenvalue weighted by atomic mass is 9.80. The van der Waals surface area contributed by atoms with E-state index in [0.717, 1.165) is 31.2 Å². The first kappa shape index (κ1) is 12.7. The van der Waals surface area contributed by atoms with Crippen molar-refractivity contribution in [3.8, 4) is 12.3 Å². The van der Waals surface area contributed by atoms with Gasteiger partial charge < -0.3 is 4.74 Å². The summed E-state index contributed by atoms with van der Waals surface area (Å²) in [7, 11) is 0. The van der Waals surface area contributed by atoms with Crippen LogP contribution in [0.25, 0.3) is 0 Å². The summed E-state index contributed by atoms with van der Waals surface area (Å²) >= 11 is 0. The van der Waals surface area contributed by atoms with Crippen LogP contribution in [0, 0.1) is 24.2 Å². The predicted octanol–water partition coefficient (Wildman–Crippen LogP) is 3.17. The minimum absolute atomic E-state index is 0.0574. The Bertz CT molecular complexity index is 430. The molecule has 0 heterocycles. The number of carbonyl (C=O) groups excluding carboxylic acids is 1. The van der Waals surface area contributed by atoms with Crippen LogP contribution in [0.15, 0.2) is 30.3 Å². The quantitative estimate of drug-likeness (QED) is 0.601. The number of hydrogen-bond acceptors (Lipinski definition) is 2. The second kappa shape index (κ2) is 6.26. The summed E-state index contributed by atoms with van der Waals surface area (Å²) in [5, 5.41) is 0. The van der Waals surface area contributed by atoms with Crippen molar-refractivity contribution >= 4 is 5.97 Å². The number of benzene rings is 1. The second-order valence-corrected chi connectivity index (χ2v) is 4.76. The van der Waals surface area contributed by atoms with Gasteiger partial charge in [-0.05, 0) is 18.4 Å². The molecule has 1 fully saturated rings. The van der Waals surface area contributed by atoms with Gasteiger partial charge in [-0.3, -0.25) is 4.79 Å². The van der Waals surface area contributed by atoms with Crippen molar-refractivity contribution in [2.24, 2.45) is 11.8 Å². The first-order valence-corrected chi connectivity index (χ1v) is 6.48. The van der Waals surface area contributed by atoms with Gasteiger partial charge in [-0.1, -0.05) is 43.2 Å². The van der Waals surface area contributed by atoms with E-state index in [1.165, 1.54) is 0 Å². The molecule has 0 radical (unpaired) electrons. The Kier molecular flexibility index (Phi) is 4.41. The van der Waals surface area contributed by atoms with E-state index in [-0.39, 0.29) is 17.8 Å². The van der Waals surface area contributed by atoms with Crippen molar-refractivity contribution < 1.29 is 9.53 Å². The molecule has 0 spiro atoms. The van der Waals surface area contributed by atoms with Crippen molar-refractivity contribution in [2.45, 2.75) is 32.3 Å². The maximum Gasteiger partial charge on any atom is 0.310 e. The van der Waals surface area contributed by atoms with Gasteiger partial charge >= 0.3 is 5.97 Å². The van der Waals surface area contributed by atoms with Crippen LogP contribution in [0.1, 0.15) is 31.2 Å². The number of terminal acetylenes is 1. The van der Waals surface area contributed by atoms with Gasteiger partial charge in [0.15, 0.2) is 0 Å². The largest absolute Gasteiger partial charge is 0.461 e. The minimum atomic E-state index is -0.137. The van der Waals surface area contributed by atoms with Crippen LogP contribution in [-0.2, 0) is 16.1 Å². The molecule has 1 aromatic carbocycles. The predicted molar refractivity (Wildman–Crippen MR) is 70.5 cm³/mol. The lowest BCUT2D eigenvalue weighted by Gasteiger charge is -2.26. The topological polar surface area (TPSA) is 26.3 Å². The zero-order valence-corrected chi connectivity index (χ0v) is 10.5. The monoisotopic (exact) mass is 242 g/mol. The smallest absolute Gasteiger partial charge is 0.310 e. The third-order valence-corrected chi connectivity index (χ3v) is 3.51. The van der Waals surface area contributed by atoms with Gasteiger partial charge in [-0.2, -0.15) is 0 Å². The zero-order valence-electron chi connectivity index (χ0n) is 10.5. The fourth-order valence-electron chi connectivity index (χ4n) is 2.45. The Labute approximate surface area is 108 Å². The number of esters is 1. The van der Waals surface area contributed by atoms with E-state index in [1.54, 1.807) is 0 Å². The molecule has 0 unspecified atom stereocenters. The fourth-order valence-corrected chi connectivity index (χ4v) is 2.45. The maximum absolute atomic E-state index is 12.0. The van der Waals surface area contributed by atoms with E-state index in [4.69, 9.17) is 11.2 Å². The average molecular weight is 242 g/mol. The van der Waals surface area contributed by atoms with Gasteiger partial charge in [-0.25, -0.2) is 0 Å². The number of hydrogen-bond donors (Lipinski definition) is 0. The van der Waals surface area contributed by atoms with Crippen LogP contribution >= 0.6 is 0 Å². The molecule has 94 valence electrons.